The lowest BCUT2D eigenvalue weighted by Crippen LogP contribution is -1.96. The summed E-state index contributed by atoms with van der Waals surface area (Å²) in [7, 11) is 0. The third-order valence-corrected chi connectivity index (χ3v) is 11.0. The smallest absolute Gasteiger partial charge is 0.160 e. The maximum absolute atomic E-state index is 5.26. The molecule has 0 amide bonds. The number of nitrogens with zero attached hydrogens (tertiary/aromatic N) is 3. The van der Waals surface area contributed by atoms with Crippen molar-refractivity contribution in [3.63, 3.8) is 0 Å². The van der Waals surface area contributed by atoms with E-state index in [1.54, 1.807) is 0 Å². The van der Waals surface area contributed by atoms with Crippen molar-refractivity contribution in [2.24, 2.45) is 0 Å². The van der Waals surface area contributed by atoms with Crippen LogP contribution >= 0.6 is 0 Å². The van der Waals surface area contributed by atoms with Crippen LogP contribution in [0.25, 0.3) is 94.4 Å². The van der Waals surface area contributed by atoms with E-state index in [9.17, 15) is 0 Å². The Hall–Kier alpha value is -7.10. The Labute approximate surface area is 313 Å². The molecule has 3 heteroatoms. The van der Waals surface area contributed by atoms with Crippen molar-refractivity contribution >= 4 is 32.7 Å². The van der Waals surface area contributed by atoms with Crippen molar-refractivity contribution in [3.8, 4) is 61.7 Å². The Kier molecular flexibility index (Phi) is 6.93. The molecule has 0 atom stereocenters. The van der Waals surface area contributed by atoms with E-state index in [0.717, 1.165) is 40.0 Å². The molecule has 0 unspecified atom stereocenters. The standard InChI is InChI=1S/C51H33N3/c1-3-13-33(14-4-1)51-52-46-23-9-7-21-42(46)50(53-51)43-22-12-17-39-30-38-26-25-36(31-44(38)49(39)43)34-15-11-16-35(29-34)37-27-28-48-45(32-37)41-20-8-10-24-47(41)54(48)40-18-5-2-6-19-40/h1-29,31-32H,30H2. The van der Waals surface area contributed by atoms with Gasteiger partial charge in [0.25, 0.3) is 0 Å². The van der Waals surface area contributed by atoms with Gasteiger partial charge in [-0.25, -0.2) is 9.97 Å². The predicted molar refractivity (Wildman–Crippen MR) is 224 cm³/mol. The summed E-state index contributed by atoms with van der Waals surface area (Å²) in [5.41, 5.74) is 17.7. The molecule has 0 bridgehead atoms. The van der Waals surface area contributed by atoms with Gasteiger partial charge in [-0.3, -0.25) is 0 Å². The minimum absolute atomic E-state index is 0.744. The topological polar surface area (TPSA) is 30.7 Å². The van der Waals surface area contributed by atoms with Gasteiger partial charge in [0.2, 0.25) is 0 Å². The van der Waals surface area contributed by atoms with Gasteiger partial charge in [-0.15, -0.1) is 0 Å². The van der Waals surface area contributed by atoms with E-state index in [2.05, 4.69) is 174 Å². The summed E-state index contributed by atoms with van der Waals surface area (Å²) in [4.78, 5) is 10.3. The molecule has 0 saturated heterocycles. The molecule has 54 heavy (non-hydrogen) atoms. The molecule has 3 nitrogen and oxygen atoms in total. The van der Waals surface area contributed by atoms with Crippen molar-refractivity contribution in [2.75, 3.05) is 0 Å². The number of fused-ring (bicyclic) bond motifs is 7. The van der Waals surface area contributed by atoms with Crippen LogP contribution < -0.4 is 0 Å². The third-order valence-electron chi connectivity index (χ3n) is 11.0. The van der Waals surface area contributed by atoms with Crippen LogP contribution in [0.15, 0.2) is 188 Å². The maximum Gasteiger partial charge on any atom is 0.160 e. The molecular formula is C51H33N3. The Morgan fingerprint density at radius 1 is 0.389 bits per heavy atom. The number of hydrogen-bond acceptors (Lipinski definition) is 2. The minimum atomic E-state index is 0.744. The van der Waals surface area contributed by atoms with Crippen molar-refractivity contribution in [3.05, 3.63) is 199 Å². The van der Waals surface area contributed by atoms with Crippen LogP contribution in [0.4, 0.5) is 0 Å². The maximum atomic E-state index is 5.26. The zero-order chi connectivity index (χ0) is 35.6. The number of benzene rings is 8. The average Bonchev–Trinajstić information content (AvgIpc) is 3.79. The van der Waals surface area contributed by atoms with E-state index >= 15 is 0 Å². The number of para-hydroxylation sites is 3. The van der Waals surface area contributed by atoms with Crippen molar-refractivity contribution in [2.45, 2.75) is 6.42 Å². The molecule has 2 heterocycles. The second kappa shape index (κ2) is 12.3. The molecule has 0 saturated carbocycles. The molecule has 2 aromatic heterocycles. The molecule has 1 aliphatic carbocycles. The van der Waals surface area contributed by atoms with Gasteiger partial charge in [0.1, 0.15) is 0 Å². The summed E-state index contributed by atoms with van der Waals surface area (Å²) in [5.74, 6) is 0.744. The molecular weight excluding hydrogens is 655 g/mol. The van der Waals surface area contributed by atoms with Crippen LogP contribution in [0.5, 0.6) is 0 Å². The first-order chi connectivity index (χ1) is 26.8. The van der Waals surface area contributed by atoms with Crippen LogP contribution in [0.3, 0.4) is 0 Å². The highest BCUT2D eigenvalue weighted by Crippen LogP contribution is 2.46. The van der Waals surface area contributed by atoms with E-state index in [1.807, 2.05) is 18.2 Å². The summed E-state index contributed by atoms with van der Waals surface area (Å²) in [6.07, 6.45) is 0.907. The molecule has 10 aromatic rings. The third kappa shape index (κ3) is 4.90. The minimum Gasteiger partial charge on any atom is -0.309 e. The largest absolute Gasteiger partial charge is 0.309 e. The lowest BCUT2D eigenvalue weighted by atomic mass is 9.92. The SMILES string of the molecule is c1ccc(-c2nc(-c3cccc4c3-c3cc(-c5cccc(-c6ccc7c(c6)c6ccccc6n7-c6ccccc6)c5)ccc3C4)c3ccccc3n2)cc1. The van der Waals surface area contributed by atoms with Crippen LogP contribution in [0.1, 0.15) is 11.1 Å². The van der Waals surface area contributed by atoms with E-state index in [1.165, 1.54) is 72.0 Å². The molecule has 0 spiro atoms. The van der Waals surface area contributed by atoms with E-state index in [-0.39, 0.29) is 0 Å². The Morgan fingerprint density at radius 3 is 1.89 bits per heavy atom. The van der Waals surface area contributed by atoms with Crippen LogP contribution in [0.2, 0.25) is 0 Å². The molecule has 0 radical (unpaired) electrons. The predicted octanol–water partition coefficient (Wildman–Crippen LogP) is 13.0. The number of rotatable bonds is 5. The van der Waals surface area contributed by atoms with Gasteiger partial charge in [0, 0.05) is 33.0 Å². The molecule has 11 rings (SSSR count). The highest BCUT2D eigenvalue weighted by Gasteiger charge is 2.25. The monoisotopic (exact) mass is 687 g/mol. The summed E-state index contributed by atoms with van der Waals surface area (Å²) < 4.78 is 2.37. The van der Waals surface area contributed by atoms with Gasteiger partial charge in [-0.2, -0.15) is 0 Å². The van der Waals surface area contributed by atoms with Gasteiger partial charge in [-0.05, 0) is 99.5 Å². The number of hydrogen-bond donors (Lipinski definition) is 0. The van der Waals surface area contributed by atoms with Crippen molar-refractivity contribution in [1.29, 1.82) is 0 Å². The Bertz CT molecular complexity index is 3070. The average molecular weight is 688 g/mol. The summed E-state index contributed by atoms with van der Waals surface area (Å²) >= 11 is 0. The Balaban J connectivity index is 1.02. The highest BCUT2D eigenvalue weighted by atomic mass is 15.0. The van der Waals surface area contributed by atoms with Gasteiger partial charge >= 0.3 is 0 Å². The molecule has 0 aliphatic heterocycles. The Morgan fingerprint density at radius 2 is 1.04 bits per heavy atom. The van der Waals surface area contributed by atoms with Crippen molar-refractivity contribution in [1.82, 2.24) is 14.5 Å². The zero-order valence-electron chi connectivity index (χ0n) is 29.4. The van der Waals surface area contributed by atoms with Crippen LogP contribution in [-0.4, -0.2) is 14.5 Å². The van der Waals surface area contributed by atoms with Gasteiger partial charge in [0.15, 0.2) is 5.82 Å². The van der Waals surface area contributed by atoms with E-state index < -0.39 is 0 Å². The summed E-state index contributed by atoms with van der Waals surface area (Å²) in [6, 6.07) is 67.6. The fourth-order valence-corrected chi connectivity index (χ4v) is 8.50. The molecule has 252 valence electrons. The first-order valence-corrected chi connectivity index (χ1v) is 18.5. The molecule has 0 fully saturated rings. The molecule has 0 N–H and O–H groups in total. The fourth-order valence-electron chi connectivity index (χ4n) is 8.50. The fraction of sp³-hybridized carbons (Fsp3) is 0.0196. The molecule has 8 aromatic carbocycles. The normalized spacial score (nSPS) is 12.0. The van der Waals surface area contributed by atoms with E-state index in [0.29, 0.717) is 0 Å². The van der Waals surface area contributed by atoms with Crippen molar-refractivity contribution < 1.29 is 0 Å². The van der Waals surface area contributed by atoms with Gasteiger partial charge in [-0.1, -0.05) is 140 Å². The second-order valence-electron chi connectivity index (χ2n) is 14.2. The quantitative estimate of drug-likeness (QED) is 0.180. The zero-order valence-corrected chi connectivity index (χ0v) is 29.4. The lowest BCUT2D eigenvalue weighted by Gasteiger charge is -2.14. The summed E-state index contributed by atoms with van der Waals surface area (Å²) in [6.45, 7) is 0. The second-order valence-corrected chi connectivity index (χ2v) is 14.2. The van der Waals surface area contributed by atoms with Gasteiger partial charge in [0.05, 0.1) is 22.2 Å². The number of aromatic nitrogens is 3. The molecule has 1 aliphatic rings. The first kappa shape index (κ1) is 30.5. The van der Waals surface area contributed by atoms with Gasteiger partial charge < -0.3 is 4.57 Å². The lowest BCUT2D eigenvalue weighted by molar-refractivity contribution is 1.18. The summed E-state index contributed by atoms with van der Waals surface area (Å²) in [5, 5.41) is 3.58. The van der Waals surface area contributed by atoms with Crippen LogP contribution in [0, 0.1) is 0 Å². The highest BCUT2D eigenvalue weighted by molar-refractivity contribution is 6.10. The first-order valence-electron chi connectivity index (χ1n) is 18.5. The van der Waals surface area contributed by atoms with E-state index in [4.69, 9.17) is 9.97 Å². The van der Waals surface area contributed by atoms with Crippen LogP contribution in [-0.2, 0) is 6.42 Å².